The van der Waals surface area contributed by atoms with Crippen LogP contribution in [0.2, 0.25) is 0 Å². The van der Waals surface area contributed by atoms with Gasteiger partial charge < -0.3 is 36.9 Å². The molecule has 4 aromatic rings. The third kappa shape index (κ3) is 12.3. The maximum atomic E-state index is 14.8. The van der Waals surface area contributed by atoms with Gasteiger partial charge in [0, 0.05) is 74.3 Å². The fourth-order valence-electron chi connectivity index (χ4n) is 8.32. The molecule has 0 unspecified atom stereocenters. The summed E-state index contributed by atoms with van der Waals surface area (Å²) in [5.41, 5.74) is 21.9. The smallest absolute Gasteiger partial charge is 0.226 e. The van der Waals surface area contributed by atoms with Gasteiger partial charge in [-0.2, -0.15) is 10.5 Å². The van der Waals surface area contributed by atoms with Gasteiger partial charge in [-0.05, 0) is 88.0 Å². The molecule has 0 radical (unpaired) electrons. The van der Waals surface area contributed by atoms with E-state index in [1.165, 1.54) is 11.9 Å². The van der Waals surface area contributed by atoms with E-state index in [-0.39, 0.29) is 88.5 Å². The molecule has 352 valence electrons. The molecule has 1 aliphatic rings. The van der Waals surface area contributed by atoms with Crippen LogP contribution in [0.1, 0.15) is 97.4 Å². The summed E-state index contributed by atoms with van der Waals surface area (Å²) < 4.78 is 12.2. The van der Waals surface area contributed by atoms with Crippen molar-refractivity contribution in [3.8, 4) is 46.2 Å². The van der Waals surface area contributed by atoms with Gasteiger partial charge >= 0.3 is 0 Å². The fourth-order valence-corrected chi connectivity index (χ4v) is 8.32. The van der Waals surface area contributed by atoms with E-state index in [2.05, 4.69) is 21.4 Å². The maximum absolute atomic E-state index is 14.8. The number of fused-ring (bicyclic) bond motifs is 5. The molecule has 1 aliphatic heterocycles. The Balaban J connectivity index is 1.57. The lowest BCUT2D eigenvalue weighted by Gasteiger charge is -2.32. The zero-order valence-electron chi connectivity index (χ0n) is 39.2. The van der Waals surface area contributed by atoms with E-state index in [9.17, 15) is 34.5 Å². The number of likely N-dealkylation sites (N-methyl/N-ethyl adjacent to an activating group) is 1. The van der Waals surface area contributed by atoms with Crippen molar-refractivity contribution in [3.05, 3.63) is 94.3 Å². The first-order chi connectivity index (χ1) is 32.0. The minimum absolute atomic E-state index is 0.0392. The SMILES string of the molecule is Cc1nc(-c2ccc(C(C)(C)C#N)cc2)nc(C)c1C(=O)C[C@@H](CCN)C(=O)N(C)[C@@H]1C(=O)C[C@@H](C)C(=O)N[C@H](C(=O)CCC#N)Cc2ccc(OCCN)c(c2)-c2cc1ccc2OCCN. The highest BCUT2D eigenvalue weighted by molar-refractivity contribution is 6.01. The molecule has 4 atom stereocenters. The first-order valence-electron chi connectivity index (χ1n) is 22.5. The standard InChI is InChI=1S/C51H61N9O7/c1-30-24-43(63)47(60(6)50(65)36(17-19-53)28-42(62)46-31(2)57-48(58-32(46)3)34-10-13-37(14-11-34)51(4,5)29-56)35-12-16-45(67-23-21-55)39(27-35)38-25-33(9-15-44(38)66-22-20-54)26-40(59-49(30)64)41(61)8-7-18-52/h9-16,25,27,30,36,40,47H,7-8,17,19-24,26,28,53-55H2,1-6H3,(H,59,64)/t30-,36-,40+,47+/m1/s1. The van der Waals surface area contributed by atoms with Crippen molar-refractivity contribution in [3.63, 3.8) is 0 Å². The minimum atomic E-state index is -1.26. The number of Topliss-reactive ketones (excluding diaryl/α,β-unsaturated/α-hetero) is 3. The lowest BCUT2D eigenvalue weighted by Crippen LogP contribution is -2.46. The number of rotatable bonds is 18. The van der Waals surface area contributed by atoms with E-state index in [1.807, 2.05) is 50.2 Å². The number of hydrogen-bond acceptors (Lipinski definition) is 14. The topological polar surface area (TPSA) is 270 Å². The predicted molar refractivity (Wildman–Crippen MR) is 252 cm³/mol. The Bertz CT molecular complexity index is 2540. The van der Waals surface area contributed by atoms with Gasteiger partial charge in [-0.3, -0.25) is 24.0 Å². The van der Waals surface area contributed by atoms with Gasteiger partial charge in [-0.1, -0.05) is 43.3 Å². The first-order valence-corrected chi connectivity index (χ1v) is 22.5. The summed E-state index contributed by atoms with van der Waals surface area (Å²) in [5.74, 6) is -2.92. The van der Waals surface area contributed by atoms with Gasteiger partial charge in [0.2, 0.25) is 11.8 Å². The van der Waals surface area contributed by atoms with E-state index in [0.717, 1.165) is 5.56 Å². The summed E-state index contributed by atoms with van der Waals surface area (Å²) in [5, 5.41) is 21.7. The molecular weight excluding hydrogens is 851 g/mol. The monoisotopic (exact) mass is 911 g/mol. The number of hydrogen-bond donors (Lipinski definition) is 4. The number of ether oxygens (including phenoxy) is 2. The molecular formula is C51H61N9O7. The molecule has 1 aromatic heterocycles. The number of carbonyl (C=O) groups excluding carboxylic acids is 5. The largest absolute Gasteiger partial charge is 0.492 e. The number of nitrogens with one attached hydrogen (secondary N) is 1. The number of nitrogens with two attached hydrogens (primary N) is 3. The lowest BCUT2D eigenvalue weighted by molar-refractivity contribution is -0.142. The van der Waals surface area contributed by atoms with Crippen LogP contribution in [0.15, 0.2) is 60.7 Å². The summed E-state index contributed by atoms with van der Waals surface area (Å²) in [6, 6.07) is 19.8. The molecule has 0 saturated carbocycles. The molecule has 16 nitrogen and oxygen atoms in total. The van der Waals surface area contributed by atoms with Crippen LogP contribution < -0.4 is 32.0 Å². The first kappa shape index (κ1) is 51.1. The van der Waals surface area contributed by atoms with Gasteiger partial charge in [0.25, 0.3) is 0 Å². The van der Waals surface area contributed by atoms with E-state index >= 15 is 0 Å². The molecule has 16 heteroatoms. The van der Waals surface area contributed by atoms with Crippen molar-refractivity contribution in [2.24, 2.45) is 29.0 Å². The molecule has 4 bridgehead atoms. The van der Waals surface area contributed by atoms with Crippen LogP contribution in [-0.2, 0) is 31.0 Å². The van der Waals surface area contributed by atoms with E-state index in [0.29, 0.717) is 56.5 Å². The molecule has 0 spiro atoms. The van der Waals surface area contributed by atoms with E-state index in [4.69, 9.17) is 26.7 Å². The Labute approximate surface area is 392 Å². The van der Waals surface area contributed by atoms with Crippen molar-refractivity contribution < 1.29 is 33.4 Å². The van der Waals surface area contributed by atoms with Gasteiger partial charge in [0.05, 0.1) is 40.5 Å². The predicted octanol–water partition coefficient (Wildman–Crippen LogP) is 5.15. The summed E-state index contributed by atoms with van der Waals surface area (Å²) in [6.45, 7) is 9.45. The molecule has 5 rings (SSSR count). The van der Waals surface area contributed by atoms with Crippen molar-refractivity contribution in [1.82, 2.24) is 20.2 Å². The van der Waals surface area contributed by atoms with Crippen LogP contribution in [0.25, 0.3) is 22.5 Å². The number of benzene rings is 3. The fraction of sp³-hybridized carbons (Fsp3) is 0.431. The second-order valence-electron chi connectivity index (χ2n) is 17.5. The third-order valence-corrected chi connectivity index (χ3v) is 12.0. The number of aromatic nitrogens is 2. The van der Waals surface area contributed by atoms with Crippen LogP contribution in [-0.4, -0.2) is 90.0 Å². The van der Waals surface area contributed by atoms with Crippen LogP contribution in [0.4, 0.5) is 0 Å². The Hall–Kier alpha value is -6.85. The number of nitriles is 2. The zero-order valence-corrected chi connectivity index (χ0v) is 39.2. The van der Waals surface area contributed by atoms with E-state index < -0.39 is 46.9 Å². The minimum Gasteiger partial charge on any atom is -0.492 e. The highest BCUT2D eigenvalue weighted by atomic mass is 16.5. The molecule has 7 N–H and O–H groups in total. The number of nitrogens with zero attached hydrogens (tertiary/aromatic N) is 5. The summed E-state index contributed by atoms with van der Waals surface area (Å²) in [7, 11) is 1.49. The Morgan fingerprint density at radius 2 is 1.49 bits per heavy atom. The van der Waals surface area contributed by atoms with Gasteiger partial charge in [-0.15, -0.1) is 0 Å². The molecule has 3 aromatic carbocycles. The normalized spacial score (nSPS) is 16.7. The van der Waals surface area contributed by atoms with Gasteiger partial charge in [0.15, 0.2) is 23.2 Å². The number of amides is 2. The molecule has 0 aliphatic carbocycles. The molecule has 2 amide bonds. The van der Waals surface area contributed by atoms with Crippen molar-refractivity contribution in [2.45, 2.75) is 90.6 Å². The van der Waals surface area contributed by atoms with Crippen LogP contribution in [0.5, 0.6) is 11.5 Å². The Morgan fingerprint density at radius 3 is 2.07 bits per heavy atom. The van der Waals surface area contributed by atoms with E-state index in [1.54, 1.807) is 51.1 Å². The molecule has 0 saturated heterocycles. The molecule has 2 heterocycles. The highest BCUT2D eigenvalue weighted by Crippen LogP contribution is 2.41. The van der Waals surface area contributed by atoms with Crippen LogP contribution >= 0.6 is 0 Å². The van der Waals surface area contributed by atoms with Crippen molar-refractivity contribution in [2.75, 3.05) is 39.9 Å². The second-order valence-corrected chi connectivity index (χ2v) is 17.5. The number of aryl methyl sites for hydroxylation is 2. The summed E-state index contributed by atoms with van der Waals surface area (Å²) in [6.07, 6.45) is -0.491. The number of carbonyl (C=O) groups is 5. The Morgan fingerprint density at radius 1 is 0.881 bits per heavy atom. The van der Waals surface area contributed by atoms with Gasteiger partial charge in [0.1, 0.15) is 30.8 Å². The van der Waals surface area contributed by atoms with Crippen molar-refractivity contribution >= 4 is 29.2 Å². The summed E-state index contributed by atoms with van der Waals surface area (Å²) >= 11 is 0. The maximum Gasteiger partial charge on any atom is 0.226 e. The third-order valence-electron chi connectivity index (χ3n) is 12.0. The van der Waals surface area contributed by atoms with Crippen LogP contribution in [0.3, 0.4) is 0 Å². The van der Waals surface area contributed by atoms with Gasteiger partial charge in [-0.25, -0.2) is 9.97 Å². The second kappa shape index (κ2) is 23.1. The molecule has 67 heavy (non-hydrogen) atoms. The highest BCUT2D eigenvalue weighted by Gasteiger charge is 2.37. The van der Waals surface area contributed by atoms with Crippen molar-refractivity contribution in [1.29, 1.82) is 10.5 Å². The summed E-state index contributed by atoms with van der Waals surface area (Å²) in [4.78, 5) is 81.8. The zero-order chi connectivity index (χ0) is 49.0. The van der Waals surface area contributed by atoms with Crippen LogP contribution in [0, 0.1) is 48.3 Å². The molecule has 0 fully saturated rings. The lowest BCUT2D eigenvalue weighted by atomic mass is 9.86. The Kier molecular flexibility index (Phi) is 17.6. The number of ketones is 3. The average molecular weight is 912 g/mol. The quantitative estimate of drug-likeness (QED) is 0.0941. The average Bonchev–Trinajstić information content (AvgIpc) is 3.31.